The highest BCUT2D eigenvalue weighted by molar-refractivity contribution is 7.99. The summed E-state index contributed by atoms with van der Waals surface area (Å²) in [6, 6.07) is 8.62. The summed E-state index contributed by atoms with van der Waals surface area (Å²) >= 11 is 1.87. The Labute approximate surface area is 117 Å². The van der Waals surface area contributed by atoms with Gasteiger partial charge in [0.15, 0.2) is 0 Å². The average Bonchev–Trinajstić information content (AvgIpc) is 2.98. The molecule has 0 saturated carbocycles. The van der Waals surface area contributed by atoms with Crippen LogP contribution in [0.5, 0.6) is 0 Å². The maximum atomic E-state index is 3.87. The van der Waals surface area contributed by atoms with E-state index in [1.54, 1.807) is 11.0 Å². The maximum Gasteiger partial charge on any atom is 0.143 e. The van der Waals surface area contributed by atoms with Crippen molar-refractivity contribution in [2.45, 2.75) is 25.1 Å². The molecule has 2 atom stereocenters. The van der Waals surface area contributed by atoms with E-state index in [4.69, 9.17) is 0 Å². The Kier molecular flexibility index (Phi) is 4.93. The Bertz CT molecular complexity index is 482. The molecule has 5 nitrogen and oxygen atoms in total. The number of thioether (sulfide) groups is 1. The van der Waals surface area contributed by atoms with Crippen molar-refractivity contribution < 1.29 is 0 Å². The molecular weight excluding hydrogens is 258 g/mol. The normalized spacial score (nSPS) is 14.3. The topological polar surface area (TPSA) is 55.6 Å². The molecule has 0 spiro atoms. The number of hydrogen-bond donors (Lipinski definition) is 1. The minimum absolute atomic E-state index is 0.345. The Morgan fingerprint density at radius 1 is 1.26 bits per heavy atom. The molecule has 0 aliphatic rings. The van der Waals surface area contributed by atoms with Gasteiger partial charge in [-0.05, 0) is 41.3 Å². The number of nitrogens with zero attached hydrogens (tertiary/aromatic N) is 4. The smallest absolute Gasteiger partial charge is 0.143 e. The lowest BCUT2D eigenvalue weighted by Crippen LogP contribution is -2.25. The molecule has 0 aliphatic carbocycles. The van der Waals surface area contributed by atoms with Gasteiger partial charge in [-0.1, -0.05) is 19.1 Å². The summed E-state index contributed by atoms with van der Waals surface area (Å²) in [4.78, 5) is 0. The quantitative estimate of drug-likeness (QED) is 0.876. The summed E-state index contributed by atoms with van der Waals surface area (Å²) < 4.78 is 1.65. The van der Waals surface area contributed by atoms with Crippen LogP contribution in [-0.4, -0.2) is 38.3 Å². The van der Waals surface area contributed by atoms with E-state index in [2.05, 4.69) is 53.1 Å². The second kappa shape index (κ2) is 6.68. The number of rotatable bonds is 6. The van der Waals surface area contributed by atoms with E-state index < -0.39 is 0 Å². The third-order valence-electron chi connectivity index (χ3n) is 3.12. The van der Waals surface area contributed by atoms with Gasteiger partial charge in [0.2, 0.25) is 0 Å². The predicted octanol–water partition coefficient (Wildman–Crippen LogP) is 2.06. The van der Waals surface area contributed by atoms with E-state index >= 15 is 0 Å². The summed E-state index contributed by atoms with van der Waals surface area (Å²) in [5, 5.41) is 15.3. The minimum Gasteiger partial charge on any atom is -0.309 e. The first-order valence-corrected chi connectivity index (χ1v) is 7.59. The minimum atomic E-state index is 0.345. The van der Waals surface area contributed by atoms with Crippen LogP contribution < -0.4 is 5.32 Å². The van der Waals surface area contributed by atoms with Crippen LogP contribution >= 0.6 is 11.8 Å². The number of benzene rings is 1. The van der Waals surface area contributed by atoms with Crippen LogP contribution in [0.3, 0.4) is 0 Å². The Balaban J connectivity index is 1.98. The van der Waals surface area contributed by atoms with E-state index in [9.17, 15) is 0 Å². The van der Waals surface area contributed by atoms with Crippen molar-refractivity contribution in [3.8, 4) is 5.69 Å². The lowest BCUT2D eigenvalue weighted by Gasteiger charge is -2.17. The summed E-state index contributed by atoms with van der Waals surface area (Å²) in [6.07, 6.45) is 3.73. The standard InChI is InChI=1S/C13H19N5S/c1-10(19-3)8-14-11(2)12-4-6-13(7-5-12)18-9-15-16-17-18/h4-7,9-11,14H,8H2,1-3H3. The van der Waals surface area contributed by atoms with Gasteiger partial charge in [-0.25, -0.2) is 4.68 Å². The fraction of sp³-hybridized carbons (Fsp3) is 0.462. The van der Waals surface area contributed by atoms with Crippen LogP contribution in [0.15, 0.2) is 30.6 Å². The molecule has 0 amide bonds. The Morgan fingerprint density at radius 2 is 2.00 bits per heavy atom. The van der Waals surface area contributed by atoms with E-state index in [0.29, 0.717) is 11.3 Å². The summed E-state index contributed by atoms with van der Waals surface area (Å²) in [7, 11) is 0. The van der Waals surface area contributed by atoms with E-state index in [1.165, 1.54) is 5.56 Å². The lowest BCUT2D eigenvalue weighted by atomic mass is 10.1. The second-order valence-electron chi connectivity index (χ2n) is 4.52. The van der Waals surface area contributed by atoms with Crippen molar-refractivity contribution in [2.75, 3.05) is 12.8 Å². The third kappa shape index (κ3) is 3.78. The fourth-order valence-corrected chi connectivity index (χ4v) is 2.00. The van der Waals surface area contributed by atoms with Crippen LogP contribution in [-0.2, 0) is 0 Å². The maximum absolute atomic E-state index is 3.87. The molecule has 2 rings (SSSR count). The molecule has 2 aromatic rings. The zero-order valence-corrected chi connectivity index (χ0v) is 12.3. The molecule has 6 heteroatoms. The Morgan fingerprint density at radius 3 is 2.58 bits per heavy atom. The summed E-state index contributed by atoms with van der Waals surface area (Å²) in [5.74, 6) is 0. The van der Waals surface area contributed by atoms with Gasteiger partial charge in [0.05, 0.1) is 5.69 Å². The van der Waals surface area contributed by atoms with Crippen molar-refractivity contribution in [1.82, 2.24) is 25.5 Å². The van der Waals surface area contributed by atoms with Gasteiger partial charge in [-0.3, -0.25) is 0 Å². The zero-order valence-electron chi connectivity index (χ0n) is 11.4. The lowest BCUT2D eigenvalue weighted by molar-refractivity contribution is 0.576. The molecular formula is C13H19N5S. The van der Waals surface area contributed by atoms with Crippen LogP contribution in [0.4, 0.5) is 0 Å². The predicted molar refractivity (Wildman–Crippen MR) is 78.5 cm³/mol. The van der Waals surface area contributed by atoms with Crippen LogP contribution in [0, 0.1) is 0 Å². The fourth-order valence-electron chi connectivity index (χ4n) is 1.74. The van der Waals surface area contributed by atoms with Gasteiger partial charge in [-0.2, -0.15) is 11.8 Å². The SMILES string of the molecule is CSC(C)CNC(C)c1ccc(-n2cnnn2)cc1. The zero-order chi connectivity index (χ0) is 13.7. The van der Waals surface area contributed by atoms with Gasteiger partial charge < -0.3 is 5.32 Å². The van der Waals surface area contributed by atoms with E-state index in [-0.39, 0.29) is 0 Å². The molecule has 19 heavy (non-hydrogen) atoms. The highest BCUT2D eigenvalue weighted by Gasteiger charge is 2.07. The van der Waals surface area contributed by atoms with E-state index in [1.807, 2.05) is 23.9 Å². The molecule has 1 aromatic heterocycles. The van der Waals surface area contributed by atoms with Gasteiger partial charge in [0.1, 0.15) is 6.33 Å². The molecule has 102 valence electrons. The molecule has 1 N–H and O–H groups in total. The monoisotopic (exact) mass is 277 g/mol. The highest BCUT2D eigenvalue weighted by atomic mass is 32.2. The van der Waals surface area contributed by atoms with E-state index in [0.717, 1.165) is 12.2 Å². The average molecular weight is 277 g/mol. The van der Waals surface area contributed by atoms with Gasteiger partial charge in [-0.15, -0.1) is 5.10 Å². The summed E-state index contributed by atoms with van der Waals surface area (Å²) in [5.41, 5.74) is 2.24. The largest absolute Gasteiger partial charge is 0.309 e. The summed E-state index contributed by atoms with van der Waals surface area (Å²) in [6.45, 7) is 5.42. The van der Waals surface area contributed by atoms with Gasteiger partial charge >= 0.3 is 0 Å². The van der Waals surface area contributed by atoms with Crippen molar-refractivity contribution in [3.05, 3.63) is 36.2 Å². The number of nitrogens with one attached hydrogen (secondary N) is 1. The number of aromatic nitrogens is 4. The molecule has 1 aromatic carbocycles. The van der Waals surface area contributed by atoms with Crippen LogP contribution in [0.2, 0.25) is 0 Å². The number of tetrazole rings is 1. The molecule has 0 fully saturated rings. The molecule has 2 unspecified atom stereocenters. The first kappa shape index (κ1) is 14.0. The first-order chi connectivity index (χ1) is 9.20. The van der Waals surface area contributed by atoms with Crippen LogP contribution in [0.1, 0.15) is 25.5 Å². The Hall–Kier alpha value is -1.40. The molecule has 1 heterocycles. The molecule has 0 aliphatic heterocycles. The first-order valence-electron chi connectivity index (χ1n) is 6.30. The molecule has 0 bridgehead atoms. The van der Waals surface area contributed by atoms with Crippen molar-refractivity contribution in [2.24, 2.45) is 0 Å². The van der Waals surface area contributed by atoms with Gasteiger partial charge in [0.25, 0.3) is 0 Å². The highest BCUT2D eigenvalue weighted by Crippen LogP contribution is 2.15. The van der Waals surface area contributed by atoms with Crippen LogP contribution in [0.25, 0.3) is 5.69 Å². The number of hydrogen-bond acceptors (Lipinski definition) is 5. The molecule has 0 saturated heterocycles. The van der Waals surface area contributed by atoms with Gasteiger partial charge in [0, 0.05) is 17.8 Å². The van der Waals surface area contributed by atoms with Crippen molar-refractivity contribution >= 4 is 11.8 Å². The second-order valence-corrected chi connectivity index (χ2v) is 5.80. The third-order valence-corrected chi connectivity index (χ3v) is 4.09. The van der Waals surface area contributed by atoms with Crippen molar-refractivity contribution in [1.29, 1.82) is 0 Å². The molecule has 0 radical (unpaired) electrons. The van der Waals surface area contributed by atoms with Crippen molar-refractivity contribution in [3.63, 3.8) is 0 Å².